The van der Waals surface area contributed by atoms with Crippen molar-refractivity contribution in [2.24, 2.45) is 5.92 Å². The van der Waals surface area contributed by atoms with Crippen molar-refractivity contribution in [1.82, 2.24) is 5.16 Å². The standard InChI is InChI=1S/C14H12ClNO4S/c1-21(18,19)12-5-4-9(6-11(12)15)14-10(7-16-20-14)13(17)8-2-3-8/h4-8H,2-3H2,1H3. The van der Waals surface area contributed by atoms with E-state index in [0.717, 1.165) is 19.1 Å². The highest BCUT2D eigenvalue weighted by molar-refractivity contribution is 7.90. The molecule has 3 rings (SSSR count). The number of nitrogens with zero attached hydrogens (tertiary/aromatic N) is 1. The Morgan fingerprint density at radius 2 is 2.10 bits per heavy atom. The molecule has 7 heteroatoms. The summed E-state index contributed by atoms with van der Waals surface area (Å²) in [5.41, 5.74) is 0.953. The predicted molar refractivity (Wildman–Crippen MR) is 77.1 cm³/mol. The van der Waals surface area contributed by atoms with Crippen LogP contribution in [0.1, 0.15) is 23.2 Å². The Hall–Kier alpha value is -1.66. The fourth-order valence-electron chi connectivity index (χ4n) is 2.13. The highest BCUT2D eigenvalue weighted by Crippen LogP contribution is 2.36. The number of hydrogen-bond donors (Lipinski definition) is 0. The van der Waals surface area contributed by atoms with Gasteiger partial charge in [-0.15, -0.1) is 0 Å². The van der Waals surface area contributed by atoms with Gasteiger partial charge in [0.15, 0.2) is 21.4 Å². The number of ketones is 1. The van der Waals surface area contributed by atoms with Crippen LogP contribution in [0.25, 0.3) is 11.3 Å². The van der Waals surface area contributed by atoms with Crippen LogP contribution in [0.15, 0.2) is 33.8 Å². The highest BCUT2D eigenvalue weighted by atomic mass is 35.5. The second-order valence-electron chi connectivity index (χ2n) is 5.12. The van der Waals surface area contributed by atoms with Crippen LogP contribution in [-0.4, -0.2) is 25.6 Å². The van der Waals surface area contributed by atoms with E-state index >= 15 is 0 Å². The van der Waals surface area contributed by atoms with Crippen LogP contribution < -0.4 is 0 Å². The summed E-state index contributed by atoms with van der Waals surface area (Å²) in [7, 11) is -3.39. The molecule has 0 radical (unpaired) electrons. The molecule has 1 fully saturated rings. The fourth-order valence-corrected chi connectivity index (χ4v) is 3.46. The Morgan fingerprint density at radius 3 is 2.67 bits per heavy atom. The molecule has 2 aromatic rings. The van der Waals surface area contributed by atoms with Crippen molar-refractivity contribution in [2.75, 3.05) is 6.26 Å². The number of sulfone groups is 1. The van der Waals surface area contributed by atoms with E-state index < -0.39 is 9.84 Å². The lowest BCUT2D eigenvalue weighted by atomic mass is 10.0. The zero-order valence-electron chi connectivity index (χ0n) is 11.2. The summed E-state index contributed by atoms with van der Waals surface area (Å²) in [4.78, 5) is 12.2. The molecule has 5 nitrogen and oxygen atoms in total. The van der Waals surface area contributed by atoms with E-state index in [1.54, 1.807) is 6.07 Å². The molecule has 0 unspecified atom stereocenters. The Kier molecular flexibility index (Phi) is 3.37. The average molecular weight is 326 g/mol. The molecule has 0 spiro atoms. The lowest BCUT2D eigenvalue weighted by molar-refractivity contribution is 0.0968. The van der Waals surface area contributed by atoms with Crippen LogP contribution in [0, 0.1) is 5.92 Å². The second kappa shape index (κ2) is 4.96. The molecule has 1 aromatic heterocycles. The van der Waals surface area contributed by atoms with Gasteiger partial charge in [-0.25, -0.2) is 8.42 Å². The first-order valence-electron chi connectivity index (χ1n) is 6.37. The van der Waals surface area contributed by atoms with Gasteiger partial charge in [-0.2, -0.15) is 0 Å². The molecule has 21 heavy (non-hydrogen) atoms. The lowest BCUT2D eigenvalue weighted by Gasteiger charge is -2.05. The van der Waals surface area contributed by atoms with Gasteiger partial charge in [0.05, 0.1) is 21.7 Å². The maximum Gasteiger partial charge on any atom is 0.177 e. The smallest absolute Gasteiger partial charge is 0.177 e. The van der Waals surface area contributed by atoms with Crippen LogP contribution in [0.4, 0.5) is 0 Å². The normalized spacial score (nSPS) is 15.1. The third-order valence-corrected chi connectivity index (χ3v) is 4.96. The number of carbonyl (C=O) groups excluding carboxylic acids is 1. The van der Waals surface area contributed by atoms with E-state index in [1.165, 1.54) is 18.3 Å². The molecule has 0 atom stereocenters. The maximum atomic E-state index is 12.1. The summed E-state index contributed by atoms with van der Waals surface area (Å²) in [6.45, 7) is 0. The Labute approximate surface area is 126 Å². The number of halogens is 1. The van der Waals surface area contributed by atoms with Crippen LogP contribution in [0.2, 0.25) is 5.02 Å². The topological polar surface area (TPSA) is 77.2 Å². The molecule has 110 valence electrons. The number of carbonyl (C=O) groups is 1. The minimum atomic E-state index is -3.39. The molecular formula is C14H12ClNO4S. The van der Waals surface area contributed by atoms with Crippen molar-refractivity contribution in [3.05, 3.63) is 35.0 Å². The molecule has 0 aliphatic heterocycles. The van der Waals surface area contributed by atoms with Crippen LogP contribution in [0.5, 0.6) is 0 Å². The van der Waals surface area contributed by atoms with E-state index in [0.29, 0.717) is 16.9 Å². The Balaban J connectivity index is 2.04. The van der Waals surface area contributed by atoms with E-state index in [1.807, 2.05) is 0 Å². The quantitative estimate of drug-likeness (QED) is 0.807. The second-order valence-corrected chi connectivity index (χ2v) is 7.52. The molecule has 1 aliphatic rings. The minimum absolute atomic E-state index is 0.00885. The SMILES string of the molecule is CS(=O)(=O)c1ccc(-c2oncc2C(=O)C2CC2)cc1Cl. The molecule has 0 bridgehead atoms. The van der Waals surface area contributed by atoms with Crippen LogP contribution in [-0.2, 0) is 9.84 Å². The van der Waals surface area contributed by atoms with Gasteiger partial charge in [-0.05, 0) is 31.0 Å². The van der Waals surface area contributed by atoms with Crippen molar-refractivity contribution in [3.8, 4) is 11.3 Å². The van der Waals surface area contributed by atoms with Gasteiger partial charge in [0, 0.05) is 17.7 Å². The first-order chi connectivity index (χ1) is 9.88. The lowest BCUT2D eigenvalue weighted by Crippen LogP contribution is -2.02. The Morgan fingerprint density at radius 1 is 1.38 bits per heavy atom. The zero-order chi connectivity index (χ0) is 15.2. The number of benzene rings is 1. The molecule has 1 heterocycles. The summed E-state index contributed by atoms with van der Waals surface area (Å²) in [5.74, 6) is 0.386. The zero-order valence-corrected chi connectivity index (χ0v) is 12.7. The van der Waals surface area contributed by atoms with Gasteiger partial charge in [0.25, 0.3) is 0 Å². The summed E-state index contributed by atoms with van der Waals surface area (Å²) in [5, 5.41) is 3.77. The number of aromatic nitrogens is 1. The first-order valence-corrected chi connectivity index (χ1v) is 8.63. The monoisotopic (exact) mass is 325 g/mol. The third kappa shape index (κ3) is 2.73. The molecule has 1 saturated carbocycles. The Bertz CT molecular complexity index is 821. The largest absolute Gasteiger partial charge is 0.356 e. The number of Topliss-reactive ketones (excluding diaryl/α,β-unsaturated/α-hetero) is 1. The summed E-state index contributed by atoms with van der Waals surface area (Å²) in [6, 6.07) is 4.44. The average Bonchev–Trinajstić information content (AvgIpc) is 3.13. The first kappa shape index (κ1) is 14.3. The van der Waals surface area contributed by atoms with Gasteiger partial charge in [-0.1, -0.05) is 16.8 Å². The highest BCUT2D eigenvalue weighted by Gasteiger charge is 2.33. The number of hydrogen-bond acceptors (Lipinski definition) is 5. The van der Waals surface area contributed by atoms with Gasteiger partial charge in [0.2, 0.25) is 0 Å². The van der Waals surface area contributed by atoms with E-state index in [2.05, 4.69) is 5.16 Å². The van der Waals surface area contributed by atoms with E-state index in [-0.39, 0.29) is 21.6 Å². The maximum absolute atomic E-state index is 12.1. The summed E-state index contributed by atoms with van der Waals surface area (Å²) < 4.78 is 28.3. The summed E-state index contributed by atoms with van der Waals surface area (Å²) in [6.07, 6.45) is 4.26. The van der Waals surface area contributed by atoms with Crippen molar-refractivity contribution in [3.63, 3.8) is 0 Å². The summed E-state index contributed by atoms with van der Waals surface area (Å²) >= 11 is 6.01. The van der Waals surface area contributed by atoms with Gasteiger partial charge < -0.3 is 4.52 Å². The van der Waals surface area contributed by atoms with E-state index in [4.69, 9.17) is 16.1 Å². The molecule has 0 N–H and O–H groups in total. The third-order valence-electron chi connectivity index (χ3n) is 3.38. The van der Waals surface area contributed by atoms with Gasteiger partial charge >= 0.3 is 0 Å². The van der Waals surface area contributed by atoms with Gasteiger partial charge in [-0.3, -0.25) is 4.79 Å². The van der Waals surface area contributed by atoms with Crippen molar-refractivity contribution in [1.29, 1.82) is 0 Å². The molecule has 0 amide bonds. The number of rotatable bonds is 4. The van der Waals surface area contributed by atoms with Crippen molar-refractivity contribution >= 4 is 27.2 Å². The van der Waals surface area contributed by atoms with Crippen LogP contribution in [0.3, 0.4) is 0 Å². The molecule has 0 saturated heterocycles. The molecule has 1 aliphatic carbocycles. The van der Waals surface area contributed by atoms with E-state index in [9.17, 15) is 13.2 Å². The van der Waals surface area contributed by atoms with Gasteiger partial charge in [0.1, 0.15) is 0 Å². The van der Waals surface area contributed by atoms with Crippen LogP contribution >= 0.6 is 11.6 Å². The van der Waals surface area contributed by atoms with Crippen molar-refractivity contribution < 1.29 is 17.7 Å². The molecule has 1 aromatic carbocycles. The van der Waals surface area contributed by atoms with Crippen molar-refractivity contribution in [2.45, 2.75) is 17.7 Å². The predicted octanol–water partition coefficient (Wildman–Crippen LogP) is 2.99. The minimum Gasteiger partial charge on any atom is -0.356 e. The fraction of sp³-hybridized carbons (Fsp3) is 0.286. The molecular weight excluding hydrogens is 314 g/mol.